The van der Waals surface area contributed by atoms with Crippen LogP contribution in [-0.4, -0.2) is 38.7 Å². The standard InChI is InChI=1S/C31H27N3O5S/c1-19-26(18-40-31-32-14-5-15-33-31)38-30(39-27(19)21-12-10-20(17-35)11-13-21)22-6-4-7-23(16-22)34-28(36)24-8-2-3-9-25(24)29(34)37/h2-16,19,26-27,30,35H,17-18H2,1H3. The van der Waals surface area contributed by atoms with Crippen LogP contribution in [0.1, 0.15) is 56.7 Å². The number of amides is 2. The van der Waals surface area contributed by atoms with Gasteiger partial charge in [-0.2, -0.15) is 0 Å². The number of aliphatic hydroxyl groups is 1. The van der Waals surface area contributed by atoms with Crippen molar-refractivity contribution in [1.82, 2.24) is 9.97 Å². The average Bonchev–Trinajstić information content (AvgIpc) is 3.26. The van der Waals surface area contributed by atoms with Gasteiger partial charge in [0, 0.05) is 29.6 Å². The van der Waals surface area contributed by atoms with Gasteiger partial charge in [-0.05, 0) is 41.5 Å². The van der Waals surface area contributed by atoms with Gasteiger partial charge in [0.05, 0.1) is 35.6 Å². The van der Waals surface area contributed by atoms with Crippen molar-refractivity contribution in [2.75, 3.05) is 10.7 Å². The fraction of sp³-hybridized carbons (Fsp3) is 0.226. The van der Waals surface area contributed by atoms with Crippen LogP contribution >= 0.6 is 11.8 Å². The van der Waals surface area contributed by atoms with Crippen LogP contribution in [-0.2, 0) is 16.1 Å². The minimum atomic E-state index is -0.740. The third kappa shape index (κ3) is 5.04. The molecule has 2 aliphatic rings. The number of ether oxygens (including phenoxy) is 2. The number of benzene rings is 3. The SMILES string of the molecule is CC1C(CSc2ncccn2)OC(c2cccc(N3C(=O)c4ccccc4C3=O)c2)OC1c1ccc(CO)cc1. The first kappa shape index (κ1) is 26.3. The lowest BCUT2D eigenvalue weighted by Crippen LogP contribution is -2.38. The summed E-state index contributed by atoms with van der Waals surface area (Å²) in [5.41, 5.74) is 3.74. The second-order valence-corrected chi connectivity index (χ2v) is 10.7. The van der Waals surface area contributed by atoms with E-state index in [0.29, 0.717) is 33.3 Å². The predicted octanol–water partition coefficient (Wildman–Crippen LogP) is 5.35. The highest BCUT2D eigenvalue weighted by molar-refractivity contribution is 7.99. The van der Waals surface area contributed by atoms with E-state index in [2.05, 4.69) is 16.9 Å². The maximum absolute atomic E-state index is 13.1. The summed E-state index contributed by atoms with van der Waals surface area (Å²) in [6.07, 6.45) is 2.18. The largest absolute Gasteiger partial charge is 0.392 e. The number of nitrogens with zero attached hydrogens (tertiary/aromatic N) is 3. The maximum Gasteiger partial charge on any atom is 0.266 e. The lowest BCUT2D eigenvalue weighted by Gasteiger charge is -2.41. The molecule has 4 atom stereocenters. The molecule has 0 saturated carbocycles. The molecule has 6 rings (SSSR count). The molecule has 2 aliphatic heterocycles. The van der Waals surface area contributed by atoms with Crippen molar-refractivity contribution in [2.24, 2.45) is 5.92 Å². The van der Waals surface area contributed by atoms with Crippen LogP contribution in [0.3, 0.4) is 0 Å². The Labute approximate surface area is 236 Å². The van der Waals surface area contributed by atoms with E-state index >= 15 is 0 Å². The summed E-state index contributed by atoms with van der Waals surface area (Å²) in [7, 11) is 0. The summed E-state index contributed by atoms with van der Waals surface area (Å²) < 4.78 is 13.1. The second kappa shape index (κ2) is 11.3. The van der Waals surface area contributed by atoms with Crippen molar-refractivity contribution in [3.05, 3.63) is 119 Å². The van der Waals surface area contributed by atoms with Gasteiger partial charge in [-0.3, -0.25) is 9.59 Å². The van der Waals surface area contributed by atoms with Crippen molar-refractivity contribution in [3.63, 3.8) is 0 Å². The van der Waals surface area contributed by atoms with Crippen LogP contribution in [0.15, 0.2) is 96.4 Å². The number of rotatable bonds is 7. The maximum atomic E-state index is 13.1. The lowest BCUT2D eigenvalue weighted by molar-refractivity contribution is -0.268. The fourth-order valence-corrected chi connectivity index (χ4v) is 6.03. The van der Waals surface area contributed by atoms with E-state index in [4.69, 9.17) is 9.47 Å². The molecule has 202 valence electrons. The van der Waals surface area contributed by atoms with Gasteiger partial charge in [0.1, 0.15) is 0 Å². The van der Waals surface area contributed by atoms with E-state index in [1.807, 2.05) is 30.3 Å². The summed E-state index contributed by atoms with van der Waals surface area (Å²) in [5, 5.41) is 10.2. The molecule has 3 heterocycles. The van der Waals surface area contributed by atoms with Crippen LogP contribution in [0.2, 0.25) is 0 Å². The van der Waals surface area contributed by atoms with Gasteiger partial charge in [-0.1, -0.05) is 67.2 Å². The second-order valence-electron chi connectivity index (χ2n) is 9.75. The zero-order valence-corrected chi connectivity index (χ0v) is 22.5. The number of hydrogen-bond acceptors (Lipinski definition) is 8. The Morgan fingerprint density at radius 3 is 2.23 bits per heavy atom. The van der Waals surface area contributed by atoms with Crippen molar-refractivity contribution >= 4 is 29.3 Å². The molecule has 4 aromatic rings. The highest BCUT2D eigenvalue weighted by Gasteiger charge is 2.40. The number of imide groups is 1. The monoisotopic (exact) mass is 553 g/mol. The van der Waals surface area contributed by atoms with Crippen LogP contribution < -0.4 is 4.90 Å². The van der Waals surface area contributed by atoms with Crippen LogP contribution in [0.25, 0.3) is 0 Å². The van der Waals surface area contributed by atoms with Crippen molar-refractivity contribution in [1.29, 1.82) is 0 Å². The predicted molar refractivity (Wildman–Crippen MR) is 150 cm³/mol. The number of anilines is 1. The third-order valence-electron chi connectivity index (χ3n) is 7.24. The van der Waals surface area contributed by atoms with Crippen LogP contribution in [0, 0.1) is 5.92 Å². The highest BCUT2D eigenvalue weighted by atomic mass is 32.2. The van der Waals surface area contributed by atoms with Crippen LogP contribution in [0.4, 0.5) is 5.69 Å². The molecule has 2 amide bonds. The van der Waals surface area contributed by atoms with Gasteiger partial charge < -0.3 is 14.6 Å². The molecule has 1 saturated heterocycles. The molecular weight excluding hydrogens is 526 g/mol. The van der Waals surface area contributed by atoms with Gasteiger partial charge >= 0.3 is 0 Å². The van der Waals surface area contributed by atoms with E-state index in [1.54, 1.807) is 60.9 Å². The van der Waals surface area contributed by atoms with E-state index in [-0.39, 0.29) is 36.5 Å². The molecule has 0 aliphatic carbocycles. The van der Waals surface area contributed by atoms with Crippen molar-refractivity contribution < 1.29 is 24.2 Å². The van der Waals surface area contributed by atoms with E-state index < -0.39 is 6.29 Å². The van der Waals surface area contributed by atoms with Gasteiger partial charge in [0.15, 0.2) is 11.4 Å². The quantitative estimate of drug-likeness (QED) is 0.186. The number of thioether (sulfide) groups is 1. The van der Waals surface area contributed by atoms with Crippen molar-refractivity contribution in [2.45, 2.75) is 37.2 Å². The third-order valence-corrected chi connectivity index (χ3v) is 8.20. The Kier molecular flexibility index (Phi) is 7.44. The van der Waals surface area contributed by atoms with Crippen molar-refractivity contribution in [3.8, 4) is 0 Å². The number of fused-ring (bicyclic) bond motifs is 1. The van der Waals surface area contributed by atoms with E-state index in [9.17, 15) is 14.7 Å². The smallest absolute Gasteiger partial charge is 0.266 e. The Hall–Kier alpha value is -3.89. The minimum absolute atomic E-state index is 0.00754. The summed E-state index contributed by atoms with van der Waals surface area (Å²) in [6.45, 7) is 2.06. The number of carbonyl (C=O) groups is 2. The molecule has 9 heteroatoms. The first-order chi connectivity index (χ1) is 19.5. The summed E-state index contributed by atoms with van der Waals surface area (Å²) in [5.74, 6) is -0.104. The molecule has 4 unspecified atom stereocenters. The summed E-state index contributed by atoms with van der Waals surface area (Å²) in [6, 6.07) is 23.5. The molecule has 1 N–H and O–H groups in total. The molecule has 1 aromatic heterocycles. The zero-order valence-electron chi connectivity index (χ0n) is 21.7. The summed E-state index contributed by atoms with van der Waals surface area (Å²) in [4.78, 5) is 36.1. The van der Waals surface area contributed by atoms with Crippen LogP contribution in [0.5, 0.6) is 0 Å². The molecule has 0 spiro atoms. The van der Waals surface area contributed by atoms with Gasteiger partial charge in [-0.25, -0.2) is 14.9 Å². The van der Waals surface area contributed by atoms with Gasteiger partial charge in [0.25, 0.3) is 11.8 Å². The Balaban J connectivity index is 1.30. The summed E-state index contributed by atoms with van der Waals surface area (Å²) >= 11 is 1.51. The molecule has 1 fully saturated rings. The number of aromatic nitrogens is 2. The Morgan fingerprint density at radius 2 is 1.55 bits per heavy atom. The Morgan fingerprint density at radius 1 is 0.850 bits per heavy atom. The average molecular weight is 554 g/mol. The molecule has 3 aromatic carbocycles. The van der Waals surface area contributed by atoms with Gasteiger partial charge in [0.2, 0.25) is 0 Å². The molecule has 40 heavy (non-hydrogen) atoms. The first-order valence-corrected chi connectivity index (χ1v) is 14.0. The number of hydrogen-bond donors (Lipinski definition) is 1. The fourth-order valence-electron chi connectivity index (χ4n) is 5.06. The minimum Gasteiger partial charge on any atom is -0.392 e. The zero-order chi connectivity index (χ0) is 27.6. The molecule has 0 radical (unpaired) electrons. The number of carbonyl (C=O) groups excluding carboxylic acids is 2. The van der Waals surface area contributed by atoms with Gasteiger partial charge in [-0.15, -0.1) is 0 Å². The number of aliphatic hydroxyl groups excluding tert-OH is 1. The topological polar surface area (TPSA) is 102 Å². The van der Waals surface area contributed by atoms with E-state index in [0.717, 1.165) is 11.1 Å². The lowest BCUT2D eigenvalue weighted by atomic mass is 9.91. The van der Waals surface area contributed by atoms with E-state index in [1.165, 1.54) is 16.7 Å². The molecule has 8 nitrogen and oxygen atoms in total. The first-order valence-electron chi connectivity index (χ1n) is 13.0. The highest BCUT2D eigenvalue weighted by Crippen LogP contribution is 2.43. The normalized spacial score (nSPS) is 22.4. The molecule has 0 bridgehead atoms. The molecular formula is C31H27N3O5S. The Bertz CT molecular complexity index is 1500.